The number of nitrogens with zero attached hydrogens (tertiary/aromatic N) is 3. The van der Waals surface area contributed by atoms with Crippen molar-refractivity contribution in [3.05, 3.63) is 41.0 Å². The molecule has 2 aromatic rings. The van der Waals surface area contributed by atoms with Crippen molar-refractivity contribution in [2.45, 2.75) is 63.9 Å². The highest BCUT2D eigenvalue weighted by molar-refractivity contribution is 7.89. The summed E-state index contributed by atoms with van der Waals surface area (Å²) < 4.78 is 30.3. The average Bonchev–Trinajstić information content (AvgIpc) is 2.95. The summed E-state index contributed by atoms with van der Waals surface area (Å²) in [6.07, 6.45) is 3.36. The molecule has 0 aliphatic carbocycles. The zero-order valence-corrected chi connectivity index (χ0v) is 15.2. The summed E-state index contributed by atoms with van der Waals surface area (Å²) in [4.78, 5) is 4.72. The summed E-state index contributed by atoms with van der Waals surface area (Å²) in [7, 11) is -3.58. The van der Waals surface area contributed by atoms with Crippen LogP contribution in [0.5, 0.6) is 0 Å². The van der Waals surface area contributed by atoms with Gasteiger partial charge in [-0.2, -0.15) is 5.10 Å². The third-order valence-electron chi connectivity index (χ3n) is 4.53. The molecule has 0 bridgehead atoms. The van der Waals surface area contributed by atoms with E-state index in [1.807, 2.05) is 24.6 Å². The van der Waals surface area contributed by atoms with Crippen molar-refractivity contribution in [3.63, 3.8) is 0 Å². The van der Waals surface area contributed by atoms with E-state index in [0.29, 0.717) is 16.5 Å². The molecule has 1 N–H and O–H groups in total. The first-order valence-electron chi connectivity index (χ1n) is 8.50. The molecule has 0 saturated heterocycles. The van der Waals surface area contributed by atoms with Crippen LogP contribution in [0.1, 0.15) is 55.5 Å². The standard InChI is InChI=1S/C17H24N4O2S/c1-4-13-8-9-15(11-14(13)5-2)24(22,23)20-16-7-6-10-21-17(16)18-12(3)19-21/h8-9,11,16,20H,4-7,10H2,1-3H3/t16-/m1/s1. The normalized spacial score (nSPS) is 17.7. The van der Waals surface area contributed by atoms with E-state index in [-0.39, 0.29) is 6.04 Å². The molecule has 3 rings (SSSR count). The number of hydrogen-bond acceptors (Lipinski definition) is 4. The van der Waals surface area contributed by atoms with Crippen molar-refractivity contribution in [2.75, 3.05) is 0 Å². The fraction of sp³-hybridized carbons (Fsp3) is 0.529. The number of nitrogens with one attached hydrogen (secondary N) is 1. The van der Waals surface area contributed by atoms with Gasteiger partial charge in [-0.05, 0) is 55.9 Å². The van der Waals surface area contributed by atoms with Crippen LogP contribution in [-0.4, -0.2) is 23.2 Å². The van der Waals surface area contributed by atoms with Gasteiger partial charge in [0, 0.05) is 6.54 Å². The molecule has 1 aliphatic heterocycles. The second-order valence-corrected chi connectivity index (χ2v) is 7.91. The lowest BCUT2D eigenvalue weighted by Gasteiger charge is -2.23. The molecule has 1 atom stereocenters. The molecular weight excluding hydrogens is 324 g/mol. The van der Waals surface area contributed by atoms with Gasteiger partial charge in [-0.25, -0.2) is 22.8 Å². The molecule has 0 saturated carbocycles. The quantitative estimate of drug-likeness (QED) is 0.901. The van der Waals surface area contributed by atoms with Crippen molar-refractivity contribution in [3.8, 4) is 0 Å². The molecule has 0 radical (unpaired) electrons. The lowest BCUT2D eigenvalue weighted by Crippen LogP contribution is -2.33. The Morgan fingerprint density at radius 2 is 2.00 bits per heavy atom. The second kappa shape index (κ2) is 6.64. The molecule has 1 aromatic heterocycles. The Balaban J connectivity index is 1.90. The van der Waals surface area contributed by atoms with Gasteiger partial charge in [0.1, 0.15) is 11.6 Å². The minimum Gasteiger partial charge on any atom is -0.248 e. The maximum Gasteiger partial charge on any atom is 0.241 e. The first-order valence-corrected chi connectivity index (χ1v) is 9.98. The fourth-order valence-corrected chi connectivity index (χ4v) is 4.56. The van der Waals surface area contributed by atoms with Gasteiger partial charge in [-0.15, -0.1) is 0 Å². The molecule has 2 heterocycles. The van der Waals surface area contributed by atoms with Crippen LogP contribution >= 0.6 is 0 Å². The van der Waals surface area contributed by atoms with Gasteiger partial charge in [0.15, 0.2) is 0 Å². The molecule has 0 spiro atoms. The van der Waals surface area contributed by atoms with Gasteiger partial charge in [-0.1, -0.05) is 19.9 Å². The van der Waals surface area contributed by atoms with E-state index in [0.717, 1.165) is 37.8 Å². The minimum absolute atomic E-state index is 0.319. The number of benzene rings is 1. The Labute approximate surface area is 143 Å². The van der Waals surface area contributed by atoms with Crippen molar-refractivity contribution in [2.24, 2.45) is 0 Å². The highest BCUT2D eigenvalue weighted by atomic mass is 32.2. The first-order chi connectivity index (χ1) is 11.4. The van der Waals surface area contributed by atoms with Crippen LogP contribution in [0.4, 0.5) is 0 Å². The first kappa shape index (κ1) is 17.1. The number of hydrogen-bond donors (Lipinski definition) is 1. The Hall–Kier alpha value is -1.73. The van der Waals surface area contributed by atoms with E-state index in [4.69, 9.17) is 0 Å². The molecule has 6 nitrogen and oxygen atoms in total. The minimum atomic E-state index is -3.58. The largest absolute Gasteiger partial charge is 0.248 e. The van der Waals surface area contributed by atoms with Crippen LogP contribution in [-0.2, 0) is 29.4 Å². The van der Waals surface area contributed by atoms with Crippen LogP contribution in [0.25, 0.3) is 0 Å². The molecule has 0 amide bonds. The third-order valence-corrected chi connectivity index (χ3v) is 6.00. The van der Waals surface area contributed by atoms with E-state index in [1.165, 1.54) is 5.56 Å². The van der Waals surface area contributed by atoms with E-state index >= 15 is 0 Å². The molecule has 0 fully saturated rings. The summed E-state index contributed by atoms with van der Waals surface area (Å²) >= 11 is 0. The fourth-order valence-electron chi connectivity index (χ4n) is 3.28. The van der Waals surface area contributed by atoms with E-state index in [1.54, 1.807) is 12.1 Å². The van der Waals surface area contributed by atoms with Gasteiger partial charge in [0.2, 0.25) is 10.0 Å². The molecule has 1 aromatic carbocycles. The van der Waals surface area contributed by atoms with Crippen molar-refractivity contribution >= 4 is 10.0 Å². The Morgan fingerprint density at radius 3 is 2.71 bits per heavy atom. The van der Waals surface area contributed by atoms with Crippen LogP contribution < -0.4 is 4.72 Å². The number of fused-ring (bicyclic) bond motifs is 1. The van der Waals surface area contributed by atoms with Crippen LogP contribution in [0.2, 0.25) is 0 Å². The Kier molecular flexibility index (Phi) is 4.73. The van der Waals surface area contributed by atoms with Crippen LogP contribution in [0, 0.1) is 6.92 Å². The van der Waals surface area contributed by atoms with E-state index in [2.05, 4.69) is 21.7 Å². The monoisotopic (exact) mass is 348 g/mol. The highest BCUT2D eigenvalue weighted by Crippen LogP contribution is 2.26. The maximum absolute atomic E-state index is 12.8. The van der Waals surface area contributed by atoms with Crippen molar-refractivity contribution in [1.82, 2.24) is 19.5 Å². The van der Waals surface area contributed by atoms with Gasteiger partial charge < -0.3 is 0 Å². The Bertz CT molecular complexity index is 842. The molecular formula is C17H24N4O2S. The summed E-state index contributed by atoms with van der Waals surface area (Å²) in [5, 5.41) is 4.32. The zero-order chi connectivity index (χ0) is 17.3. The number of rotatable bonds is 5. The summed E-state index contributed by atoms with van der Waals surface area (Å²) in [6, 6.07) is 5.08. The van der Waals surface area contributed by atoms with Gasteiger partial charge in [0.05, 0.1) is 10.9 Å². The summed E-state index contributed by atoms with van der Waals surface area (Å²) in [6.45, 7) is 6.75. The molecule has 1 aliphatic rings. The van der Waals surface area contributed by atoms with E-state index in [9.17, 15) is 8.42 Å². The molecule has 130 valence electrons. The molecule has 7 heteroatoms. The molecule has 24 heavy (non-hydrogen) atoms. The SMILES string of the molecule is CCc1ccc(S(=O)(=O)N[C@@H]2CCCn3nc(C)nc32)cc1CC. The van der Waals surface area contributed by atoms with Crippen molar-refractivity contribution < 1.29 is 8.42 Å². The smallest absolute Gasteiger partial charge is 0.241 e. The maximum atomic E-state index is 12.8. The average molecular weight is 348 g/mol. The van der Waals surface area contributed by atoms with Gasteiger partial charge >= 0.3 is 0 Å². The summed E-state index contributed by atoms with van der Waals surface area (Å²) in [5.41, 5.74) is 2.28. The topological polar surface area (TPSA) is 76.9 Å². The zero-order valence-electron chi connectivity index (χ0n) is 14.4. The number of aromatic nitrogens is 3. The van der Waals surface area contributed by atoms with Gasteiger partial charge in [-0.3, -0.25) is 0 Å². The number of aryl methyl sites for hydroxylation is 4. The second-order valence-electron chi connectivity index (χ2n) is 6.19. The lowest BCUT2D eigenvalue weighted by molar-refractivity contribution is 0.399. The van der Waals surface area contributed by atoms with E-state index < -0.39 is 10.0 Å². The predicted octanol–water partition coefficient (Wildman–Crippen LogP) is 2.52. The third kappa shape index (κ3) is 3.23. The van der Waals surface area contributed by atoms with Crippen LogP contribution in [0.15, 0.2) is 23.1 Å². The molecule has 0 unspecified atom stereocenters. The summed E-state index contributed by atoms with van der Waals surface area (Å²) in [5.74, 6) is 1.39. The lowest BCUT2D eigenvalue weighted by atomic mass is 10.0. The predicted molar refractivity (Wildman–Crippen MR) is 92.3 cm³/mol. The number of sulfonamides is 1. The van der Waals surface area contributed by atoms with Crippen LogP contribution in [0.3, 0.4) is 0 Å². The Morgan fingerprint density at radius 1 is 1.25 bits per heavy atom. The van der Waals surface area contributed by atoms with Gasteiger partial charge in [0.25, 0.3) is 0 Å². The highest BCUT2D eigenvalue weighted by Gasteiger charge is 2.28. The van der Waals surface area contributed by atoms with Crippen molar-refractivity contribution in [1.29, 1.82) is 0 Å².